The first kappa shape index (κ1) is 36.6. The number of benzene rings is 3. The monoisotopic (exact) mass is 634 g/mol. The topological polar surface area (TPSA) is 105 Å². The van der Waals surface area contributed by atoms with Crippen LogP contribution in [0.1, 0.15) is 50.3 Å². The highest BCUT2D eigenvalue weighted by Gasteiger charge is 2.20. The smallest absolute Gasteiger partial charge is 0.333 e. The second-order valence-electron chi connectivity index (χ2n) is 11.6. The van der Waals surface area contributed by atoms with Crippen LogP contribution >= 0.6 is 0 Å². The molecule has 0 saturated heterocycles. The fraction of sp³-hybridized carbons (Fsp3) is 0.395. The van der Waals surface area contributed by atoms with Crippen LogP contribution in [-0.2, 0) is 33.5 Å². The maximum absolute atomic E-state index is 16.4. The Hall–Kier alpha value is -3.82. The van der Waals surface area contributed by atoms with Crippen LogP contribution in [0.15, 0.2) is 78.9 Å². The van der Waals surface area contributed by atoms with Gasteiger partial charge in [-0.2, -0.15) is 0 Å². The molecule has 1 atom stereocenters. The van der Waals surface area contributed by atoms with Crippen molar-refractivity contribution < 1.29 is 38.7 Å². The van der Waals surface area contributed by atoms with E-state index in [-0.39, 0.29) is 43.7 Å². The molecule has 8 heteroatoms. The minimum atomic E-state index is -0.967. The third-order valence-electron chi connectivity index (χ3n) is 7.78. The molecular weight excluding hydrogens is 587 g/mol. The van der Waals surface area contributed by atoms with E-state index >= 15 is 4.39 Å². The maximum atomic E-state index is 16.4. The lowest BCUT2D eigenvalue weighted by atomic mass is 9.91. The van der Waals surface area contributed by atoms with E-state index in [4.69, 9.17) is 14.2 Å². The Morgan fingerprint density at radius 3 is 2.15 bits per heavy atom. The van der Waals surface area contributed by atoms with Crippen molar-refractivity contribution in [3.63, 3.8) is 0 Å². The fourth-order valence-corrected chi connectivity index (χ4v) is 4.97. The number of halogens is 1. The van der Waals surface area contributed by atoms with Gasteiger partial charge in [-0.3, -0.25) is 0 Å². The van der Waals surface area contributed by atoms with Crippen LogP contribution in [0.5, 0.6) is 5.75 Å². The van der Waals surface area contributed by atoms with E-state index in [1.807, 2.05) is 49.4 Å². The van der Waals surface area contributed by atoms with Crippen LogP contribution in [0.4, 0.5) is 4.39 Å². The summed E-state index contributed by atoms with van der Waals surface area (Å²) in [4.78, 5) is 11.9. The van der Waals surface area contributed by atoms with E-state index in [0.717, 1.165) is 28.7 Å². The second kappa shape index (κ2) is 18.4. The van der Waals surface area contributed by atoms with Gasteiger partial charge in [-0.1, -0.05) is 68.6 Å². The van der Waals surface area contributed by atoms with Gasteiger partial charge >= 0.3 is 5.97 Å². The van der Waals surface area contributed by atoms with Gasteiger partial charge in [0, 0.05) is 35.8 Å². The first-order chi connectivity index (χ1) is 22.1. The van der Waals surface area contributed by atoms with Gasteiger partial charge in [-0.15, -0.1) is 0 Å². The minimum absolute atomic E-state index is 0.0449. The molecule has 0 aliphatic rings. The Balaban J connectivity index is 1.88. The van der Waals surface area contributed by atoms with Gasteiger partial charge in [-0.25, -0.2) is 9.18 Å². The second-order valence-corrected chi connectivity index (χ2v) is 11.6. The lowest BCUT2D eigenvalue weighted by Gasteiger charge is -2.19. The van der Waals surface area contributed by atoms with E-state index in [1.165, 1.54) is 0 Å². The van der Waals surface area contributed by atoms with Crippen molar-refractivity contribution in [1.29, 1.82) is 0 Å². The molecule has 46 heavy (non-hydrogen) atoms. The summed E-state index contributed by atoms with van der Waals surface area (Å²) >= 11 is 0. The normalized spacial score (nSPS) is 11.8. The standard InChI is InChI=1S/C38H47FO7/c1-6-30-22-28(9-10-29(23-40)24-41)13-16-32(30)34-18-17-33(35(39)36(34)44-20-21-46-38(43)26(4)5)31-14-11-27(12-15-31)8-7-19-45-37(42)25(2)3/h11-18,22,29,37,40-42H,2,4,6-10,19-21,23-24H2,1,3,5H3. The number of carbonyl (C=O) groups excluding carboxylic acids is 1. The molecule has 0 saturated carbocycles. The van der Waals surface area contributed by atoms with Gasteiger partial charge in [0.05, 0.1) is 6.61 Å². The third kappa shape index (κ3) is 10.4. The fourth-order valence-electron chi connectivity index (χ4n) is 4.97. The predicted molar refractivity (Wildman–Crippen MR) is 179 cm³/mol. The molecule has 0 aliphatic carbocycles. The zero-order valence-corrected chi connectivity index (χ0v) is 27.2. The summed E-state index contributed by atoms with van der Waals surface area (Å²) in [5.41, 5.74) is 6.46. The number of aliphatic hydroxyl groups excluding tert-OH is 3. The molecule has 3 aromatic rings. The van der Waals surface area contributed by atoms with Gasteiger partial charge in [-0.05, 0) is 85.4 Å². The molecule has 0 aromatic heterocycles. The Kier molecular flexibility index (Phi) is 14.6. The summed E-state index contributed by atoms with van der Waals surface area (Å²) in [7, 11) is 0. The summed E-state index contributed by atoms with van der Waals surface area (Å²) < 4.78 is 32.9. The van der Waals surface area contributed by atoms with Crippen LogP contribution in [-0.4, -0.2) is 60.6 Å². The Morgan fingerprint density at radius 2 is 1.52 bits per heavy atom. The molecular formula is C38H47FO7. The summed E-state index contributed by atoms with van der Waals surface area (Å²) in [6.45, 7) is 12.7. The average Bonchev–Trinajstić information content (AvgIpc) is 3.06. The lowest BCUT2D eigenvalue weighted by Crippen LogP contribution is -2.13. The van der Waals surface area contributed by atoms with Gasteiger partial charge in [0.1, 0.15) is 13.2 Å². The van der Waals surface area contributed by atoms with E-state index in [9.17, 15) is 20.1 Å². The van der Waals surface area contributed by atoms with Gasteiger partial charge in [0.15, 0.2) is 17.9 Å². The predicted octanol–water partition coefficient (Wildman–Crippen LogP) is 6.60. The van der Waals surface area contributed by atoms with Crippen LogP contribution in [0.3, 0.4) is 0 Å². The average molecular weight is 635 g/mol. The van der Waals surface area contributed by atoms with Crippen molar-refractivity contribution in [2.45, 2.75) is 59.2 Å². The van der Waals surface area contributed by atoms with Crippen LogP contribution in [0.2, 0.25) is 0 Å². The number of esters is 1. The molecule has 0 amide bonds. The molecule has 248 valence electrons. The Morgan fingerprint density at radius 1 is 0.870 bits per heavy atom. The van der Waals surface area contributed by atoms with Crippen molar-refractivity contribution in [3.8, 4) is 28.0 Å². The van der Waals surface area contributed by atoms with E-state index in [1.54, 1.807) is 19.9 Å². The van der Waals surface area contributed by atoms with E-state index in [0.29, 0.717) is 54.6 Å². The van der Waals surface area contributed by atoms with E-state index < -0.39 is 18.1 Å². The largest absolute Gasteiger partial charge is 0.486 e. The number of aryl methyl sites for hydroxylation is 3. The number of rotatable bonds is 19. The summed E-state index contributed by atoms with van der Waals surface area (Å²) in [5.74, 6) is -1.15. The molecule has 3 aromatic carbocycles. The van der Waals surface area contributed by atoms with Gasteiger partial charge in [0.2, 0.25) is 0 Å². The quantitative estimate of drug-likeness (QED) is 0.0449. The SMILES string of the molecule is C=C(C)C(=O)OCCOc1c(-c2ccc(CCC(CO)CO)cc2CC)ccc(-c2ccc(CCCOC(O)C(=C)C)cc2)c1F. The van der Waals surface area contributed by atoms with Crippen molar-refractivity contribution in [2.75, 3.05) is 33.0 Å². The highest BCUT2D eigenvalue weighted by molar-refractivity contribution is 5.87. The molecule has 0 bridgehead atoms. The highest BCUT2D eigenvalue weighted by Crippen LogP contribution is 2.40. The Labute approximate surface area is 272 Å². The summed E-state index contributed by atoms with van der Waals surface area (Å²) in [6.07, 6.45) is 2.53. The van der Waals surface area contributed by atoms with Crippen molar-refractivity contribution >= 4 is 5.97 Å². The summed E-state index contributed by atoms with van der Waals surface area (Å²) in [6, 6.07) is 17.2. The lowest BCUT2D eigenvalue weighted by molar-refractivity contribution is -0.139. The first-order valence-electron chi connectivity index (χ1n) is 15.8. The number of aliphatic hydroxyl groups is 3. The van der Waals surface area contributed by atoms with Gasteiger partial charge in [0.25, 0.3) is 0 Å². The van der Waals surface area contributed by atoms with E-state index in [2.05, 4.69) is 19.2 Å². The molecule has 3 rings (SSSR count). The number of ether oxygens (including phenoxy) is 3. The van der Waals surface area contributed by atoms with Crippen molar-refractivity contribution in [1.82, 2.24) is 0 Å². The number of hydrogen-bond donors (Lipinski definition) is 3. The van der Waals surface area contributed by atoms with Crippen LogP contribution in [0, 0.1) is 11.7 Å². The molecule has 0 spiro atoms. The third-order valence-corrected chi connectivity index (χ3v) is 7.78. The van der Waals surface area contributed by atoms with Crippen molar-refractivity contribution in [2.24, 2.45) is 5.92 Å². The number of hydrogen-bond acceptors (Lipinski definition) is 7. The highest BCUT2D eigenvalue weighted by atomic mass is 19.1. The van der Waals surface area contributed by atoms with Gasteiger partial charge < -0.3 is 29.5 Å². The minimum Gasteiger partial charge on any atom is -0.486 e. The van der Waals surface area contributed by atoms with Crippen LogP contribution < -0.4 is 4.74 Å². The first-order valence-corrected chi connectivity index (χ1v) is 15.8. The molecule has 3 N–H and O–H groups in total. The molecule has 0 fully saturated rings. The van der Waals surface area contributed by atoms with Crippen LogP contribution in [0.25, 0.3) is 22.3 Å². The molecule has 1 unspecified atom stereocenters. The molecule has 0 heterocycles. The molecule has 0 aliphatic heterocycles. The maximum Gasteiger partial charge on any atom is 0.333 e. The van der Waals surface area contributed by atoms with Crippen molar-refractivity contribution in [3.05, 3.63) is 101 Å². The Bertz CT molecular complexity index is 1460. The zero-order valence-electron chi connectivity index (χ0n) is 27.2. The zero-order chi connectivity index (χ0) is 33.6. The summed E-state index contributed by atoms with van der Waals surface area (Å²) in [5, 5.41) is 28.6. The number of carbonyl (C=O) groups is 1. The molecule has 7 nitrogen and oxygen atoms in total. The molecule has 0 radical (unpaired) electrons.